The summed E-state index contributed by atoms with van der Waals surface area (Å²) in [6.45, 7) is 6.70. The zero-order chi connectivity index (χ0) is 13.9. The standard InChI is InChI=1S/C15H24N4O/c1-3-20-15-9-14(17-11(2)18-15)19-8-4-5-13(19)10-16-12-6-7-12/h9,12-13,16H,3-8,10H2,1-2H3. The maximum Gasteiger partial charge on any atom is 0.218 e. The summed E-state index contributed by atoms with van der Waals surface area (Å²) in [6.07, 6.45) is 5.17. The van der Waals surface area contributed by atoms with Crippen LogP contribution in [0.1, 0.15) is 38.4 Å². The zero-order valence-corrected chi connectivity index (χ0v) is 12.4. The molecule has 1 saturated heterocycles. The van der Waals surface area contributed by atoms with Gasteiger partial charge in [-0.1, -0.05) is 0 Å². The first-order chi connectivity index (χ1) is 9.76. The Morgan fingerprint density at radius 2 is 2.20 bits per heavy atom. The molecule has 1 saturated carbocycles. The lowest BCUT2D eigenvalue weighted by molar-refractivity contribution is 0.325. The summed E-state index contributed by atoms with van der Waals surface area (Å²) in [5.41, 5.74) is 0. The number of nitrogens with zero attached hydrogens (tertiary/aromatic N) is 3. The summed E-state index contributed by atoms with van der Waals surface area (Å²) in [4.78, 5) is 11.3. The largest absolute Gasteiger partial charge is 0.478 e. The van der Waals surface area contributed by atoms with Gasteiger partial charge in [-0.2, -0.15) is 4.98 Å². The molecule has 2 fully saturated rings. The van der Waals surface area contributed by atoms with Crippen LogP contribution in [0.25, 0.3) is 0 Å². The average molecular weight is 276 g/mol. The van der Waals surface area contributed by atoms with Crippen LogP contribution < -0.4 is 15.0 Å². The molecule has 3 rings (SSSR count). The highest BCUT2D eigenvalue weighted by molar-refractivity contribution is 5.44. The molecule has 1 unspecified atom stereocenters. The smallest absolute Gasteiger partial charge is 0.218 e. The Morgan fingerprint density at radius 1 is 1.35 bits per heavy atom. The van der Waals surface area contributed by atoms with Crippen LogP contribution in [0, 0.1) is 6.92 Å². The van der Waals surface area contributed by atoms with E-state index >= 15 is 0 Å². The molecule has 20 heavy (non-hydrogen) atoms. The van der Waals surface area contributed by atoms with Crippen molar-refractivity contribution in [2.45, 2.75) is 51.6 Å². The number of aromatic nitrogens is 2. The van der Waals surface area contributed by atoms with Gasteiger partial charge in [-0.15, -0.1) is 0 Å². The van der Waals surface area contributed by atoms with Crippen molar-refractivity contribution in [2.75, 3.05) is 24.6 Å². The molecule has 2 heterocycles. The lowest BCUT2D eigenvalue weighted by atomic mass is 10.2. The molecular formula is C15H24N4O. The van der Waals surface area contributed by atoms with Gasteiger partial charge >= 0.3 is 0 Å². The van der Waals surface area contributed by atoms with Gasteiger partial charge in [0, 0.05) is 31.2 Å². The van der Waals surface area contributed by atoms with Crippen LogP contribution in [0.15, 0.2) is 6.07 Å². The van der Waals surface area contributed by atoms with Crippen LogP contribution in [0.3, 0.4) is 0 Å². The Kier molecular flexibility index (Phi) is 4.05. The quantitative estimate of drug-likeness (QED) is 0.860. The van der Waals surface area contributed by atoms with Gasteiger partial charge in [0.15, 0.2) is 0 Å². The highest BCUT2D eigenvalue weighted by Gasteiger charge is 2.29. The fourth-order valence-corrected chi connectivity index (χ4v) is 2.83. The van der Waals surface area contributed by atoms with E-state index in [2.05, 4.69) is 20.2 Å². The van der Waals surface area contributed by atoms with Crippen LogP contribution >= 0.6 is 0 Å². The molecule has 0 radical (unpaired) electrons. The second-order valence-corrected chi connectivity index (χ2v) is 5.72. The molecule has 0 amide bonds. The number of hydrogen-bond acceptors (Lipinski definition) is 5. The maximum atomic E-state index is 5.54. The third kappa shape index (κ3) is 3.20. The van der Waals surface area contributed by atoms with Gasteiger partial charge in [0.25, 0.3) is 0 Å². The van der Waals surface area contributed by atoms with Crippen LogP contribution in [0.5, 0.6) is 5.88 Å². The molecule has 0 bridgehead atoms. The zero-order valence-electron chi connectivity index (χ0n) is 12.4. The predicted molar refractivity (Wildman–Crippen MR) is 79.3 cm³/mol. The van der Waals surface area contributed by atoms with Gasteiger partial charge in [-0.05, 0) is 39.5 Å². The van der Waals surface area contributed by atoms with Crippen molar-refractivity contribution in [1.82, 2.24) is 15.3 Å². The number of ether oxygens (including phenoxy) is 1. The van der Waals surface area contributed by atoms with E-state index in [1.165, 1.54) is 25.7 Å². The van der Waals surface area contributed by atoms with Crippen molar-refractivity contribution in [3.8, 4) is 5.88 Å². The molecule has 2 aliphatic rings. The van der Waals surface area contributed by atoms with E-state index in [1.807, 2.05) is 19.9 Å². The molecule has 1 aromatic heterocycles. The van der Waals surface area contributed by atoms with Crippen molar-refractivity contribution in [3.63, 3.8) is 0 Å². The molecule has 1 aromatic rings. The topological polar surface area (TPSA) is 50.3 Å². The molecule has 1 atom stereocenters. The Morgan fingerprint density at radius 3 is 2.95 bits per heavy atom. The fourth-order valence-electron chi connectivity index (χ4n) is 2.83. The van der Waals surface area contributed by atoms with Gasteiger partial charge in [0.1, 0.15) is 11.6 Å². The lowest BCUT2D eigenvalue weighted by Crippen LogP contribution is -2.39. The Balaban J connectivity index is 1.72. The molecule has 110 valence electrons. The Labute approximate surface area is 120 Å². The molecule has 0 aromatic carbocycles. The molecule has 1 aliphatic carbocycles. The number of hydrogen-bond donors (Lipinski definition) is 1. The first-order valence-corrected chi connectivity index (χ1v) is 7.74. The lowest BCUT2D eigenvalue weighted by Gasteiger charge is -2.26. The summed E-state index contributed by atoms with van der Waals surface area (Å²) in [6, 6.07) is 3.30. The van der Waals surface area contributed by atoms with E-state index in [1.54, 1.807) is 0 Å². The van der Waals surface area contributed by atoms with E-state index < -0.39 is 0 Å². The van der Waals surface area contributed by atoms with Crippen molar-refractivity contribution < 1.29 is 4.74 Å². The molecule has 5 nitrogen and oxygen atoms in total. The second kappa shape index (κ2) is 5.95. The van der Waals surface area contributed by atoms with Crippen molar-refractivity contribution in [2.24, 2.45) is 0 Å². The van der Waals surface area contributed by atoms with Gasteiger partial charge in [0.2, 0.25) is 5.88 Å². The summed E-state index contributed by atoms with van der Waals surface area (Å²) in [7, 11) is 0. The van der Waals surface area contributed by atoms with E-state index in [0.29, 0.717) is 18.5 Å². The highest BCUT2D eigenvalue weighted by Crippen LogP contribution is 2.27. The molecule has 0 spiro atoms. The Bertz CT molecular complexity index is 461. The summed E-state index contributed by atoms with van der Waals surface area (Å²) in [5.74, 6) is 2.49. The molecule has 1 aliphatic heterocycles. The van der Waals surface area contributed by atoms with Crippen LogP contribution in [-0.2, 0) is 0 Å². The van der Waals surface area contributed by atoms with Crippen LogP contribution in [-0.4, -0.2) is 41.7 Å². The first kappa shape index (κ1) is 13.6. The molecular weight excluding hydrogens is 252 g/mol. The first-order valence-electron chi connectivity index (χ1n) is 7.74. The number of anilines is 1. The maximum absolute atomic E-state index is 5.54. The van der Waals surface area contributed by atoms with E-state index in [4.69, 9.17) is 4.74 Å². The SMILES string of the molecule is CCOc1cc(N2CCCC2CNC2CC2)nc(C)n1. The number of rotatable bonds is 6. The van der Waals surface area contributed by atoms with Crippen LogP contribution in [0.2, 0.25) is 0 Å². The Hall–Kier alpha value is -1.36. The third-order valence-corrected chi connectivity index (χ3v) is 3.98. The molecule has 1 N–H and O–H groups in total. The number of aryl methyl sites for hydroxylation is 1. The minimum atomic E-state index is 0.555. The summed E-state index contributed by atoms with van der Waals surface area (Å²) < 4.78 is 5.54. The van der Waals surface area contributed by atoms with Gasteiger partial charge in [-0.25, -0.2) is 4.98 Å². The third-order valence-electron chi connectivity index (χ3n) is 3.98. The minimum absolute atomic E-state index is 0.555. The van der Waals surface area contributed by atoms with E-state index in [-0.39, 0.29) is 0 Å². The molecule has 5 heteroatoms. The fraction of sp³-hybridized carbons (Fsp3) is 0.733. The monoisotopic (exact) mass is 276 g/mol. The van der Waals surface area contributed by atoms with Crippen LogP contribution in [0.4, 0.5) is 5.82 Å². The predicted octanol–water partition coefficient (Wildman–Crippen LogP) is 1.90. The van der Waals surface area contributed by atoms with Crippen molar-refractivity contribution >= 4 is 5.82 Å². The summed E-state index contributed by atoms with van der Waals surface area (Å²) in [5, 5.41) is 3.64. The van der Waals surface area contributed by atoms with Crippen molar-refractivity contribution in [1.29, 1.82) is 0 Å². The minimum Gasteiger partial charge on any atom is -0.478 e. The van der Waals surface area contributed by atoms with Gasteiger partial charge < -0.3 is 15.0 Å². The highest BCUT2D eigenvalue weighted by atomic mass is 16.5. The van der Waals surface area contributed by atoms with Gasteiger partial charge in [0.05, 0.1) is 6.61 Å². The normalized spacial score (nSPS) is 22.3. The number of nitrogens with one attached hydrogen (secondary N) is 1. The van der Waals surface area contributed by atoms with Crippen molar-refractivity contribution in [3.05, 3.63) is 11.9 Å². The second-order valence-electron chi connectivity index (χ2n) is 5.72. The van der Waals surface area contributed by atoms with E-state index in [9.17, 15) is 0 Å². The van der Waals surface area contributed by atoms with E-state index in [0.717, 1.165) is 30.8 Å². The average Bonchev–Trinajstić information content (AvgIpc) is 3.13. The summed E-state index contributed by atoms with van der Waals surface area (Å²) >= 11 is 0. The van der Waals surface area contributed by atoms with Gasteiger partial charge in [-0.3, -0.25) is 0 Å².